The van der Waals surface area contributed by atoms with E-state index in [1.165, 1.54) is 6.08 Å². The molecule has 0 saturated carbocycles. The number of hydrogen-bond donors (Lipinski definition) is 0. The van der Waals surface area contributed by atoms with Gasteiger partial charge >= 0.3 is 22.4 Å². The van der Waals surface area contributed by atoms with Gasteiger partial charge in [0.1, 0.15) is 0 Å². The zero-order chi connectivity index (χ0) is 4.12. The zero-order valence-electron chi connectivity index (χ0n) is 4.51. The molecule has 0 aliphatic rings. The maximum absolute atomic E-state index is 4.93. The average molecular weight is 231 g/mol. The van der Waals surface area contributed by atoms with Gasteiger partial charge in [-0.15, -0.1) is 0 Å². The summed E-state index contributed by atoms with van der Waals surface area (Å²) in [5, 5.41) is 0. The van der Waals surface area contributed by atoms with Crippen LogP contribution in [0.5, 0.6) is 0 Å². The smallest absolute Gasteiger partial charge is 1.00 e. The van der Waals surface area contributed by atoms with Crippen LogP contribution in [0.25, 0.3) is 0 Å². The minimum absolute atomic E-state index is 0. The van der Waals surface area contributed by atoms with Crippen molar-refractivity contribution in [1.82, 2.24) is 0 Å². The van der Waals surface area contributed by atoms with Gasteiger partial charge in [0.25, 0.3) is 0 Å². The Hall–Kier alpha value is 0.800. The van der Waals surface area contributed by atoms with Crippen molar-refractivity contribution in [2.45, 2.75) is 6.92 Å². The quantitative estimate of drug-likeness (QED) is 0.242. The Morgan fingerprint density at radius 1 is 1.25 bits per heavy atom. The molecule has 0 nitrogen and oxygen atoms in total. The second kappa shape index (κ2) is 25.0. The van der Waals surface area contributed by atoms with Crippen LogP contribution in [0.3, 0.4) is 0 Å². The Morgan fingerprint density at radius 3 is 1.62 bits per heavy atom. The summed E-state index contributed by atoms with van der Waals surface area (Å²) < 4.78 is 0. The second-order valence-electron chi connectivity index (χ2n) is 0.718. The van der Waals surface area contributed by atoms with Crippen LogP contribution in [0.4, 0.5) is 0 Å². The van der Waals surface area contributed by atoms with Crippen LogP contribution in [-0.4, -0.2) is 0 Å². The molecule has 0 N–H and O–H groups in total. The molecule has 0 rings (SSSR count). The normalized spacial score (nSPS) is 5.62. The predicted octanol–water partition coefficient (Wildman–Crippen LogP) is -4.44. The summed E-state index contributed by atoms with van der Waals surface area (Å²) in [5.74, 6) is 0. The molecule has 0 aromatic carbocycles. The summed E-state index contributed by atoms with van der Waals surface area (Å²) >= 11 is 0. The standard InChI is InChI=1S/C5H7.2ClH.Nb/c1-3-5-4-2;;;/h1,3-5H,2H3;2*1H;/q-1;;;+3/p-2. The van der Waals surface area contributed by atoms with Crippen molar-refractivity contribution >= 4 is 0 Å². The van der Waals surface area contributed by atoms with Gasteiger partial charge in [-0.2, -0.15) is 6.08 Å². The Kier molecular flexibility index (Phi) is 72.5. The second-order valence-corrected chi connectivity index (χ2v) is 0.718. The van der Waals surface area contributed by atoms with Gasteiger partial charge in [0.2, 0.25) is 0 Å². The summed E-state index contributed by atoms with van der Waals surface area (Å²) in [6, 6.07) is 0. The van der Waals surface area contributed by atoms with Crippen molar-refractivity contribution in [1.29, 1.82) is 0 Å². The summed E-state index contributed by atoms with van der Waals surface area (Å²) in [6.45, 7) is 6.85. The molecule has 0 aliphatic carbocycles. The van der Waals surface area contributed by atoms with E-state index in [2.05, 4.69) is 0 Å². The first kappa shape index (κ1) is 23.2. The first-order valence-corrected chi connectivity index (χ1v) is 1.58. The largest absolute Gasteiger partial charge is 3.00 e. The van der Waals surface area contributed by atoms with Crippen LogP contribution < -0.4 is 24.8 Å². The maximum atomic E-state index is 4.93. The summed E-state index contributed by atoms with van der Waals surface area (Å²) in [7, 11) is 0. The third kappa shape index (κ3) is 29.2. The number of hydrogen-bond acceptors (Lipinski definition) is 0. The van der Waals surface area contributed by atoms with Crippen LogP contribution in [0.15, 0.2) is 18.2 Å². The third-order valence-electron chi connectivity index (χ3n) is 0.304. The molecule has 0 bridgehead atoms. The first-order valence-electron chi connectivity index (χ1n) is 1.58. The molecule has 0 aliphatic heterocycles. The molecule has 0 aromatic heterocycles. The van der Waals surface area contributed by atoms with Crippen molar-refractivity contribution in [3.63, 3.8) is 0 Å². The molecule has 0 radical (unpaired) electrons. The fourth-order valence-electron chi connectivity index (χ4n) is 0.111. The number of halogens is 2. The SMILES string of the molecule is [CH-]=CC=CC.[Cl-].[Cl-].[Nb+3]. The van der Waals surface area contributed by atoms with Gasteiger partial charge in [0, 0.05) is 0 Å². The van der Waals surface area contributed by atoms with E-state index < -0.39 is 0 Å². The van der Waals surface area contributed by atoms with E-state index in [0.717, 1.165) is 0 Å². The number of allylic oxidation sites excluding steroid dienone is 3. The summed E-state index contributed by atoms with van der Waals surface area (Å²) in [6.07, 6.45) is 5.15. The van der Waals surface area contributed by atoms with Gasteiger partial charge in [0.15, 0.2) is 0 Å². The van der Waals surface area contributed by atoms with E-state index in [-0.39, 0.29) is 47.2 Å². The van der Waals surface area contributed by atoms with E-state index in [4.69, 9.17) is 6.58 Å². The minimum atomic E-state index is 0. The van der Waals surface area contributed by atoms with E-state index in [1.54, 1.807) is 6.08 Å². The van der Waals surface area contributed by atoms with Gasteiger partial charge in [0.05, 0.1) is 0 Å². The minimum Gasteiger partial charge on any atom is -1.00 e. The van der Waals surface area contributed by atoms with E-state index >= 15 is 0 Å². The third-order valence-corrected chi connectivity index (χ3v) is 0.304. The van der Waals surface area contributed by atoms with Crippen LogP contribution in [0, 0.1) is 6.58 Å². The maximum Gasteiger partial charge on any atom is 3.00 e. The van der Waals surface area contributed by atoms with Gasteiger partial charge < -0.3 is 24.8 Å². The van der Waals surface area contributed by atoms with Crippen molar-refractivity contribution < 1.29 is 47.2 Å². The summed E-state index contributed by atoms with van der Waals surface area (Å²) in [4.78, 5) is 0. The van der Waals surface area contributed by atoms with E-state index in [1.807, 2.05) is 13.0 Å². The Bertz CT molecular complexity index is 52.4. The van der Waals surface area contributed by atoms with Crippen LogP contribution in [-0.2, 0) is 22.4 Å². The molecule has 0 fully saturated rings. The van der Waals surface area contributed by atoms with Crippen LogP contribution in [0.2, 0.25) is 0 Å². The van der Waals surface area contributed by atoms with E-state index in [9.17, 15) is 0 Å². The molecule has 0 spiro atoms. The zero-order valence-corrected chi connectivity index (χ0v) is 8.22. The van der Waals surface area contributed by atoms with Crippen molar-refractivity contribution in [2.75, 3.05) is 0 Å². The fraction of sp³-hybridized carbons (Fsp3) is 0.200. The van der Waals surface area contributed by atoms with Gasteiger partial charge in [-0.1, -0.05) is 6.92 Å². The van der Waals surface area contributed by atoms with Gasteiger partial charge in [-0.05, 0) is 0 Å². The van der Waals surface area contributed by atoms with Crippen molar-refractivity contribution in [3.05, 3.63) is 24.8 Å². The van der Waals surface area contributed by atoms with Crippen molar-refractivity contribution in [2.24, 2.45) is 0 Å². The molecular weight excluding hydrogens is 224 g/mol. The molecule has 0 atom stereocenters. The van der Waals surface area contributed by atoms with Crippen LogP contribution in [0.1, 0.15) is 6.92 Å². The van der Waals surface area contributed by atoms with E-state index in [0.29, 0.717) is 0 Å². The summed E-state index contributed by atoms with van der Waals surface area (Å²) in [5.41, 5.74) is 0. The Balaban J connectivity index is -0.0000000267. The molecular formula is C5H7Cl2Nb. The monoisotopic (exact) mass is 230 g/mol. The first-order chi connectivity index (χ1) is 2.41. The van der Waals surface area contributed by atoms with Gasteiger partial charge in [-0.25, -0.2) is 12.2 Å². The van der Waals surface area contributed by atoms with Crippen molar-refractivity contribution in [3.8, 4) is 0 Å². The molecule has 8 heavy (non-hydrogen) atoms. The average Bonchev–Trinajstić information content (AvgIpc) is 1.41. The molecule has 0 amide bonds. The molecule has 0 unspecified atom stereocenters. The number of rotatable bonds is 1. The molecule has 0 aromatic rings. The molecule has 0 heterocycles. The topological polar surface area (TPSA) is 0 Å². The Morgan fingerprint density at radius 2 is 1.62 bits per heavy atom. The van der Waals surface area contributed by atoms with Gasteiger partial charge in [-0.3, -0.25) is 6.58 Å². The molecule has 3 heteroatoms. The molecule has 46 valence electrons. The Labute approximate surface area is 78.8 Å². The predicted molar refractivity (Wildman–Crippen MR) is 23.7 cm³/mol. The van der Waals surface area contributed by atoms with Crippen LogP contribution >= 0.6 is 0 Å². The fourth-order valence-corrected chi connectivity index (χ4v) is 0.111. The molecule has 0 saturated heterocycles.